The fourth-order valence-electron chi connectivity index (χ4n) is 3.51. The molecular weight excluding hydrogens is 338 g/mol. The lowest BCUT2D eigenvalue weighted by Gasteiger charge is -2.15. The van der Waals surface area contributed by atoms with Gasteiger partial charge in [0.2, 0.25) is 0 Å². The van der Waals surface area contributed by atoms with E-state index in [2.05, 4.69) is 47.6 Å². The number of nitrogens with zero attached hydrogens (tertiary/aromatic N) is 1. The molecule has 2 N–H and O–H groups in total. The van der Waals surface area contributed by atoms with Gasteiger partial charge in [0.25, 0.3) is 0 Å². The lowest BCUT2D eigenvalue weighted by Crippen LogP contribution is -2.23. The van der Waals surface area contributed by atoms with Crippen LogP contribution in [0, 0.1) is 13.8 Å². The number of hydrogen-bond donors (Lipinski definition) is 2. The summed E-state index contributed by atoms with van der Waals surface area (Å²) in [7, 11) is 1.67. The zero-order valence-electron chi connectivity index (χ0n) is 16.1. The lowest BCUT2D eigenvalue weighted by molar-refractivity contribution is 0.284. The van der Waals surface area contributed by atoms with Crippen LogP contribution in [-0.2, 0) is 19.6 Å². The van der Waals surface area contributed by atoms with Crippen LogP contribution < -0.4 is 14.8 Å². The molecule has 0 unspecified atom stereocenters. The van der Waals surface area contributed by atoms with Crippen molar-refractivity contribution in [2.45, 2.75) is 33.4 Å². The minimum absolute atomic E-state index is 0.519. The molecule has 3 aromatic rings. The molecule has 0 radical (unpaired) electrons. The van der Waals surface area contributed by atoms with Crippen LogP contribution in [0.2, 0.25) is 0 Å². The van der Waals surface area contributed by atoms with Gasteiger partial charge < -0.3 is 14.8 Å². The van der Waals surface area contributed by atoms with Crippen molar-refractivity contribution in [2.24, 2.45) is 0 Å². The quantitative estimate of drug-likeness (QED) is 0.721. The molecule has 0 amide bonds. The third-order valence-electron chi connectivity index (χ3n) is 5.13. The first-order chi connectivity index (χ1) is 13.2. The first kappa shape index (κ1) is 17.6. The summed E-state index contributed by atoms with van der Waals surface area (Å²) in [5.74, 6) is 1.46. The largest absolute Gasteiger partial charge is 0.493 e. The molecule has 5 nitrogen and oxygen atoms in total. The molecule has 1 aliphatic heterocycles. The molecule has 0 bridgehead atoms. The summed E-state index contributed by atoms with van der Waals surface area (Å²) in [4.78, 5) is 0. The Morgan fingerprint density at radius 3 is 2.81 bits per heavy atom. The van der Waals surface area contributed by atoms with Crippen LogP contribution in [0.4, 0.5) is 0 Å². The third-order valence-corrected chi connectivity index (χ3v) is 5.13. The van der Waals surface area contributed by atoms with E-state index < -0.39 is 0 Å². The van der Waals surface area contributed by atoms with Crippen LogP contribution in [0.1, 0.15) is 27.9 Å². The summed E-state index contributed by atoms with van der Waals surface area (Å²) in [5, 5.41) is 11.1. The number of ether oxygens (including phenoxy) is 2. The van der Waals surface area contributed by atoms with Crippen molar-refractivity contribution < 1.29 is 9.47 Å². The van der Waals surface area contributed by atoms with E-state index in [1.165, 1.54) is 27.9 Å². The number of nitrogens with one attached hydrogen (secondary N) is 2. The zero-order chi connectivity index (χ0) is 18.8. The predicted molar refractivity (Wildman–Crippen MR) is 106 cm³/mol. The number of H-pyrrole nitrogens is 1. The highest BCUT2D eigenvalue weighted by Gasteiger charge is 2.19. The Labute approximate surface area is 159 Å². The number of aromatic amines is 1. The number of fused-ring (bicyclic) bond motifs is 1. The molecule has 0 aliphatic carbocycles. The molecule has 2 heterocycles. The van der Waals surface area contributed by atoms with E-state index in [0.29, 0.717) is 6.61 Å². The van der Waals surface area contributed by atoms with Crippen LogP contribution in [0.3, 0.4) is 0 Å². The highest BCUT2D eigenvalue weighted by molar-refractivity contribution is 5.68. The van der Waals surface area contributed by atoms with E-state index in [0.717, 1.165) is 42.3 Å². The fraction of sp³-hybridized carbons (Fsp3) is 0.318. The summed E-state index contributed by atoms with van der Waals surface area (Å²) in [6.07, 6.45) is 0.983. The van der Waals surface area contributed by atoms with Crippen molar-refractivity contribution in [2.75, 3.05) is 13.7 Å². The number of rotatable bonds is 5. The smallest absolute Gasteiger partial charge is 0.161 e. The second kappa shape index (κ2) is 7.45. The Morgan fingerprint density at radius 2 is 1.96 bits per heavy atom. The van der Waals surface area contributed by atoms with Crippen LogP contribution in [-0.4, -0.2) is 23.9 Å². The average Bonchev–Trinajstić information content (AvgIpc) is 3.13. The standard InChI is InChI=1S/C22H25N3O2/c1-14-4-5-15(2)17(10-14)13-27-20-7-6-16(11-21(20)26-3)22-18-12-23-9-8-19(18)24-25-22/h4-7,10-11,23H,8-9,12-13H2,1-3H3,(H,24,25). The Kier molecular flexibility index (Phi) is 4.86. The van der Waals surface area contributed by atoms with Gasteiger partial charge in [-0.2, -0.15) is 5.10 Å². The minimum Gasteiger partial charge on any atom is -0.493 e. The molecule has 0 saturated carbocycles. The SMILES string of the molecule is COc1cc(-c2n[nH]c3c2CNCC3)ccc1OCc1cc(C)ccc1C. The van der Waals surface area contributed by atoms with Crippen molar-refractivity contribution in [1.82, 2.24) is 15.5 Å². The fourth-order valence-corrected chi connectivity index (χ4v) is 3.51. The van der Waals surface area contributed by atoms with Gasteiger partial charge in [-0.15, -0.1) is 0 Å². The molecule has 0 fully saturated rings. The zero-order valence-corrected chi connectivity index (χ0v) is 16.1. The van der Waals surface area contributed by atoms with Gasteiger partial charge in [0.05, 0.1) is 12.8 Å². The molecule has 27 heavy (non-hydrogen) atoms. The molecule has 140 valence electrons. The van der Waals surface area contributed by atoms with Crippen molar-refractivity contribution in [1.29, 1.82) is 0 Å². The first-order valence-corrected chi connectivity index (χ1v) is 9.30. The van der Waals surface area contributed by atoms with E-state index in [4.69, 9.17) is 9.47 Å². The van der Waals surface area contributed by atoms with Gasteiger partial charge in [-0.25, -0.2) is 0 Å². The van der Waals surface area contributed by atoms with Crippen molar-refractivity contribution >= 4 is 0 Å². The maximum atomic E-state index is 6.07. The second-order valence-corrected chi connectivity index (χ2v) is 7.04. The third kappa shape index (κ3) is 3.55. The normalized spacial score (nSPS) is 13.3. The summed E-state index contributed by atoms with van der Waals surface area (Å²) < 4.78 is 11.7. The Hall–Kier alpha value is -2.79. The van der Waals surface area contributed by atoms with Crippen LogP contribution in [0.25, 0.3) is 11.3 Å². The van der Waals surface area contributed by atoms with Crippen molar-refractivity contribution in [3.05, 3.63) is 64.3 Å². The number of aromatic nitrogens is 2. The van der Waals surface area contributed by atoms with E-state index in [1.807, 2.05) is 18.2 Å². The molecule has 5 heteroatoms. The van der Waals surface area contributed by atoms with E-state index in [1.54, 1.807) is 7.11 Å². The van der Waals surface area contributed by atoms with Gasteiger partial charge in [0.15, 0.2) is 11.5 Å². The Bertz CT molecular complexity index is 962. The lowest BCUT2D eigenvalue weighted by atomic mass is 10.0. The number of hydrogen-bond acceptors (Lipinski definition) is 4. The van der Waals surface area contributed by atoms with E-state index in [9.17, 15) is 0 Å². The maximum absolute atomic E-state index is 6.07. The van der Waals surface area contributed by atoms with Crippen molar-refractivity contribution in [3.63, 3.8) is 0 Å². The van der Waals surface area contributed by atoms with Crippen molar-refractivity contribution in [3.8, 4) is 22.8 Å². The molecule has 0 spiro atoms. The maximum Gasteiger partial charge on any atom is 0.161 e. The molecular formula is C22H25N3O2. The van der Waals surface area contributed by atoms with Crippen LogP contribution >= 0.6 is 0 Å². The molecule has 1 aromatic heterocycles. The Balaban J connectivity index is 1.58. The van der Waals surface area contributed by atoms with Gasteiger partial charge in [-0.3, -0.25) is 5.10 Å². The van der Waals surface area contributed by atoms with Gasteiger partial charge >= 0.3 is 0 Å². The highest BCUT2D eigenvalue weighted by Crippen LogP contribution is 2.34. The summed E-state index contributed by atoms with van der Waals surface area (Å²) in [6.45, 7) is 6.55. The van der Waals surface area contributed by atoms with Gasteiger partial charge in [-0.05, 0) is 43.2 Å². The highest BCUT2D eigenvalue weighted by atomic mass is 16.5. The van der Waals surface area contributed by atoms with E-state index >= 15 is 0 Å². The van der Waals surface area contributed by atoms with Gasteiger partial charge in [0, 0.05) is 36.3 Å². The van der Waals surface area contributed by atoms with Crippen LogP contribution in [0.5, 0.6) is 11.5 Å². The Morgan fingerprint density at radius 1 is 1.07 bits per heavy atom. The van der Waals surface area contributed by atoms with Gasteiger partial charge in [0.1, 0.15) is 6.61 Å². The summed E-state index contributed by atoms with van der Waals surface area (Å²) in [6, 6.07) is 12.4. The van der Waals surface area contributed by atoms with E-state index in [-0.39, 0.29) is 0 Å². The van der Waals surface area contributed by atoms with Crippen LogP contribution in [0.15, 0.2) is 36.4 Å². The number of methoxy groups -OCH3 is 1. The molecule has 2 aromatic carbocycles. The first-order valence-electron chi connectivity index (χ1n) is 9.30. The summed E-state index contributed by atoms with van der Waals surface area (Å²) in [5.41, 5.74) is 8.13. The monoisotopic (exact) mass is 363 g/mol. The number of aryl methyl sites for hydroxylation is 2. The topological polar surface area (TPSA) is 59.2 Å². The molecule has 4 rings (SSSR count). The second-order valence-electron chi connectivity index (χ2n) is 7.04. The minimum atomic E-state index is 0.519. The number of benzene rings is 2. The summed E-state index contributed by atoms with van der Waals surface area (Å²) >= 11 is 0. The molecule has 0 saturated heterocycles. The van der Waals surface area contributed by atoms with Gasteiger partial charge in [-0.1, -0.05) is 23.8 Å². The average molecular weight is 363 g/mol. The molecule has 0 atom stereocenters. The molecule has 1 aliphatic rings. The predicted octanol–water partition coefficient (Wildman–Crippen LogP) is 3.93.